The van der Waals surface area contributed by atoms with Crippen molar-refractivity contribution in [3.63, 3.8) is 0 Å². The Hall–Kier alpha value is -2.44. The van der Waals surface area contributed by atoms with Gasteiger partial charge in [-0.05, 0) is 50.0 Å². The Bertz CT molecular complexity index is 1080. The Balaban J connectivity index is 2.40. The van der Waals surface area contributed by atoms with E-state index in [4.69, 9.17) is 16.9 Å². The molecule has 0 bridgehead atoms. The predicted molar refractivity (Wildman–Crippen MR) is 126 cm³/mol. The Labute approximate surface area is 195 Å². The molecule has 1 amide bonds. The number of benzene rings is 2. The van der Waals surface area contributed by atoms with Crippen molar-refractivity contribution >= 4 is 27.5 Å². The molecule has 2 rings (SSSR count). The highest BCUT2D eigenvalue weighted by Gasteiger charge is 2.26. The van der Waals surface area contributed by atoms with Gasteiger partial charge in [0.05, 0.1) is 16.7 Å². The molecule has 0 aliphatic rings. The van der Waals surface area contributed by atoms with Crippen LogP contribution in [0.2, 0.25) is 5.02 Å². The second-order valence-corrected chi connectivity index (χ2v) is 9.89. The lowest BCUT2D eigenvalue weighted by atomic mass is 10.1. The lowest BCUT2D eigenvalue weighted by Crippen LogP contribution is -2.36. The van der Waals surface area contributed by atoms with Gasteiger partial charge in [0.15, 0.2) is 0 Å². The highest BCUT2D eigenvalue weighted by Crippen LogP contribution is 2.26. The number of carbonyl (C=O) groups excluding carboxylic acids is 1. The van der Waals surface area contributed by atoms with Crippen LogP contribution < -0.4 is 0 Å². The number of hydrogen-bond acceptors (Lipinski definition) is 5. The van der Waals surface area contributed by atoms with Gasteiger partial charge in [-0.15, -0.1) is 0 Å². The van der Waals surface area contributed by atoms with Gasteiger partial charge in [0.2, 0.25) is 10.0 Å². The van der Waals surface area contributed by atoms with Crippen LogP contribution in [0.3, 0.4) is 0 Å². The molecule has 0 N–H and O–H groups in total. The van der Waals surface area contributed by atoms with E-state index in [1.165, 1.54) is 16.4 Å². The maximum absolute atomic E-state index is 13.4. The molecule has 0 radical (unpaired) electrons. The number of sulfonamides is 1. The average molecular weight is 477 g/mol. The molecule has 0 aromatic heterocycles. The van der Waals surface area contributed by atoms with E-state index in [9.17, 15) is 13.2 Å². The Morgan fingerprint density at radius 2 is 1.66 bits per heavy atom. The van der Waals surface area contributed by atoms with E-state index in [2.05, 4.69) is 6.07 Å². The number of likely N-dealkylation sites (N-methyl/N-ethyl adjacent to an activating group) is 1. The number of nitriles is 1. The van der Waals surface area contributed by atoms with Crippen LogP contribution in [0.25, 0.3) is 0 Å². The third-order valence-electron chi connectivity index (χ3n) is 5.06. The first-order valence-electron chi connectivity index (χ1n) is 10.4. The number of nitrogens with zero attached hydrogens (tertiary/aromatic N) is 4. The molecule has 0 saturated carbocycles. The summed E-state index contributed by atoms with van der Waals surface area (Å²) in [5.74, 6) is -0.288. The number of rotatable bonds is 10. The summed E-state index contributed by atoms with van der Waals surface area (Å²) in [4.78, 5) is 17.0. The maximum Gasteiger partial charge on any atom is 0.254 e. The predicted octanol–water partition coefficient (Wildman–Crippen LogP) is 3.45. The normalized spacial score (nSPS) is 11.6. The van der Waals surface area contributed by atoms with E-state index in [0.717, 1.165) is 5.56 Å². The topological polar surface area (TPSA) is 84.7 Å². The van der Waals surface area contributed by atoms with Crippen LogP contribution in [-0.2, 0) is 16.6 Å². The summed E-state index contributed by atoms with van der Waals surface area (Å²) >= 11 is 6.22. The van der Waals surface area contributed by atoms with Gasteiger partial charge in [-0.2, -0.15) is 9.57 Å². The summed E-state index contributed by atoms with van der Waals surface area (Å²) < 4.78 is 27.3. The Kier molecular flexibility index (Phi) is 9.22. The molecule has 0 spiro atoms. The molecule has 0 aliphatic heterocycles. The van der Waals surface area contributed by atoms with Crippen molar-refractivity contribution in [2.45, 2.75) is 25.3 Å². The van der Waals surface area contributed by atoms with Crippen LogP contribution in [0.15, 0.2) is 47.4 Å². The van der Waals surface area contributed by atoms with Crippen LogP contribution in [0.1, 0.15) is 35.3 Å². The second-order valence-electron chi connectivity index (χ2n) is 7.57. The van der Waals surface area contributed by atoms with Gasteiger partial charge >= 0.3 is 0 Å². The van der Waals surface area contributed by atoms with Crippen molar-refractivity contribution in [1.82, 2.24) is 14.1 Å². The first-order chi connectivity index (χ1) is 15.1. The lowest BCUT2D eigenvalue weighted by Gasteiger charge is -2.25. The fourth-order valence-corrected chi connectivity index (χ4v) is 5.16. The zero-order valence-corrected chi connectivity index (χ0v) is 20.4. The fourth-order valence-electron chi connectivity index (χ4n) is 3.20. The van der Waals surface area contributed by atoms with Crippen molar-refractivity contribution < 1.29 is 13.2 Å². The molecule has 0 heterocycles. The third-order valence-corrected chi connectivity index (χ3v) is 7.59. The van der Waals surface area contributed by atoms with Gasteiger partial charge in [0.1, 0.15) is 4.90 Å². The lowest BCUT2D eigenvalue weighted by molar-refractivity contribution is 0.0731. The third kappa shape index (κ3) is 6.30. The summed E-state index contributed by atoms with van der Waals surface area (Å²) in [5, 5.41) is 9.08. The van der Waals surface area contributed by atoms with Crippen molar-refractivity contribution in [2.24, 2.45) is 0 Å². The Morgan fingerprint density at radius 3 is 2.19 bits per heavy atom. The van der Waals surface area contributed by atoms with Crippen LogP contribution in [-0.4, -0.2) is 68.7 Å². The quantitative estimate of drug-likeness (QED) is 0.524. The minimum Gasteiger partial charge on any atom is -0.333 e. The minimum absolute atomic E-state index is 0.0698. The van der Waals surface area contributed by atoms with Crippen LogP contribution in [0, 0.1) is 11.3 Å². The van der Waals surface area contributed by atoms with E-state index in [-0.39, 0.29) is 21.4 Å². The molecule has 7 nitrogen and oxygen atoms in total. The van der Waals surface area contributed by atoms with Crippen LogP contribution in [0.4, 0.5) is 0 Å². The van der Waals surface area contributed by atoms with Crippen molar-refractivity contribution in [1.29, 1.82) is 5.26 Å². The van der Waals surface area contributed by atoms with Gasteiger partial charge in [0, 0.05) is 38.3 Å². The van der Waals surface area contributed by atoms with E-state index < -0.39 is 10.0 Å². The SMILES string of the molecule is CCN(CC)S(=O)(=O)c1cc(C(=O)N(CCN(C)C)Cc2ccc(C#N)cc2)ccc1Cl. The van der Waals surface area contributed by atoms with Gasteiger partial charge in [-0.25, -0.2) is 8.42 Å². The monoisotopic (exact) mass is 476 g/mol. The van der Waals surface area contributed by atoms with Crippen LogP contribution in [0.5, 0.6) is 0 Å². The largest absolute Gasteiger partial charge is 0.333 e. The highest BCUT2D eigenvalue weighted by molar-refractivity contribution is 7.89. The summed E-state index contributed by atoms with van der Waals surface area (Å²) in [6.07, 6.45) is 0. The molecule has 9 heteroatoms. The standard InChI is InChI=1S/C23H29ClN4O3S/c1-5-28(6-2)32(30,31)22-15-20(11-12-21(22)24)23(29)27(14-13-26(3)4)17-19-9-7-18(16-25)8-10-19/h7-12,15H,5-6,13-14,17H2,1-4H3. The maximum atomic E-state index is 13.4. The summed E-state index contributed by atoms with van der Waals surface area (Å²) in [6.45, 7) is 5.54. The van der Waals surface area contributed by atoms with E-state index in [0.29, 0.717) is 38.3 Å². The molecular formula is C23H29ClN4O3S. The molecule has 0 saturated heterocycles. The van der Waals surface area contributed by atoms with E-state index in [1.54, 1.807) is 36.9 Å². The molecule has 0 unspecified atom stereocenters. The number of halogens is 1. The zero-order chi connectivity index (χ0) is 23.9. The summed E-state index contributed by atoms with van der Waals surface area (Å²) in [6, 6.07) is 13.5. The average Bonchev–Trinajstić information content (AvgIpc) is 2.77. The Morgan fingerprint density at radius 1 is 1.03 bits per heavy atom. The van der Waals surface area contributed by atoms with Gasteiger partial charge < -0.3 is 9.80 Å². The summed E-state index contributed by atoms with van der Waals surface area (Å²) in [5.41, 5.74) is 1.68. The molecule has 0 aliphatic carbocycles. The molecule has 2 aromatic rings. The molecular weight excluding hydrogens is 448 g/mol. The first kappa shape index (κ1) is 25.8. The van der Waals surface area contributed by atoms with Gasteiger partial charge in [-0.3, -0.25) is 4.79 Å². The molecule has 172 valence electrons. The van der Waals surface area contributed by atoms with Crippen LogP contribution >= 0.6 is 11.6 Å². The van der Waals surface area contributed by atoms with Crippen molar-refractivity contribution in [2.75, 3.05) is 40.3 Å². The first-order valence-corrected chi connectivity index (χ1v) is 12.2. The molecule has 0 fully saturated rings. The number of hydrogen-bond donors (Lipinski definition) is 0. The smallest absolute Gasteiger partial charge is 0.254 e. The number of amides is 1. The van der Waals surface area contributed by atoms with Crippen molar-refractivity contribution in [3.8, 4) is 6.07 Å². The molecule has 0 atom stereocenters. The minimum atomic E-state index is -3.81. The van der Waals surface area contributed by atoms with E-state index >= 15 is 0 Å². The van der Waals surface area contributed by atoms with Gasteiger partial charge in [-0.1, -0.05) is 37.6 Å². The second kappa shape index (κ2) is 11.4. The van der Waals surface area contributed by atoms with E-state index in [1.807, 2.05) is 31.1 Å². The fraction of sp³-hybridized carbons (Fsp3) is 0.391. The summed E-state index contributed by atoms with van der Waals surface area (Å²) in [7, 11) is 0.0221. The van der Waals surface area contributed by atoms with Gasteiger partial charge in [0.25, 0.3) is 5.91 Å². The molecule has 32 heavy (non-hydrogen) atoms. The number of carbonyl (C=O) groups is 1. The highest BCUT2D eigenvalue weighted by atomic mass is 35.5. The molecule has 2 aromatic carbocycles. The zero-order valence-electron chi connectivity index (χ0n) is 18.9. The van der Waals surface area contributed by atoms with Crippen molar-refractivity contribution in [3.05, 3.63) is 64.2 Å².